The second kappa shape index (κ2) is 6.91. The fourth-order valence-corrected chi connectivity index (χ4v) is 1.70. The number of carboxylic acid groups (broad SMARTS) is 1. The Morgan fingerprint density at radius 2 is 2.11 bits per heavy atom. The number of amides is 1. The molecule has 1 amide bonds. The molecule has 7 heteroatoms. The molecule has 1 unspecified atom stereocenters. The van der Waals surface area contributed by atoms with Crippen LogP contribution in [0.3, 0.4) is 0 Å². The van der Waals surface area contributed by atoms with Crippen molar-refractivity contribution >= 4 is 46.1 Å². The van der Waals surface area contributed by atoms with Crippen molar-refractivity contribution in [3.05, 3.63) is 32.4 Å². The lowest BCUT2D eigenvalue weighted by molar-refractivity contribution is -0.146. The second-order valence-corrected chi connectivity index (χ2v) is 5.10. The summed E-state index contributed by atoms with van der Waals surface area (Å²) >= 11 is 7.93. The Bertz CT molecular complexity index is 466. The standard InChI is InChI=1S/C11H11ClINO4/c12-7-5-6(1-2-8(7)13)10(16)14-4-3-9(15)11(17)18/h1-2,5,9,15H,3-4H2,(H,14,16)(H,17,18). The van der Waals surface area contributed by atoms with E-state index in [1.165, 1.54) is 6.07 Å². The Morgan fingerprint density at radius 1 is 1.44 bits per heavy atom. The zero-order chi connectivity index (χ0) is 13.7. The highest BCUT2D eigenvalue weighted by molar-refractivity contribution is 14.1. The lowest BCUT2D eigenvalue weighted by Gasteiger charge is -2.08. The summed E-state index contributed by atoms with van der Waals surface area (Å²) in [5.41, 5.74) is 0.394. The van der Waals surface area contributed by atoms with E-state index in [1.54, 1.807) is 12.1 Å². The normalized spacial score (nSPS) is 11.9. The van der Waals surface area contributed by atoms with Crippen molar-refractivity contribution in [1.82, 2.24) is 5.32 Å². The molecule has 5 nitrogen and oxygen atoms in total. The maximum absolute atomic E-state index is 11.7. The highest BCUT2D eigenvalue weighted by Crippen LogP contribution is 2.19. The highest BCUT2D eigenvalue weighted by atomic mass is 127. The largest absolute Gasteiger partial charge is 0.479 e. The van der Waals surface area contributed by atoms with Crippen LogP contribution in [0, 0.1) is 3.57 Å². The number of hydrogen-bond acceptors (Lipinski definition) is 3. The Morgan fingerprint density at radius 3 is 2.67 bits per heavy atom. The number of aliphatic carboxylic acids is 1. The number of benzene rings is 1. The molecule has 0 aromatic heterocycles. The first-order chi connectivity index (χ1) is 8.41. The summed E-state index contributed by atoms with van der Waals surface area (Å²) in [6.45, 7) is 0.0793. The molecule has 3 N–H and O–H groups in total. The third kappa shape index (κ3) is 4.43. The van der Waals surface area contributed by atoms with Gasteiger partial charge in [-0.15, -0.1) is 0 Å². The quantitative estimate of drug-likeness (QED) is 0.673. The van der Waals surface area contributed by atoms with Gasteiger partial charge in [0.15, 0.2) is 6.10 Å². The van der Waals surface area contributed by atoms with E-state index in [0.29, 0.717) is 10.6 Å². The number of halogens is 2. The minimum absolute atomic E-state index is 0.0425. The number of nitrogens with one attached hydrogen (secondary N) is 1. The number of rotatable bonds is 5. The zero-order valence-electron chi connectivity index (χ0n) is 9.19. The number of carboxylic acids is 1. The number of aliphatic hydroxyl groups is 1. The van der Waals surface area contributed by atoms with Gasteiger partial charge in [0.2, 0.25) is 0 Å². The number of aliphatic hydroxyl groups excluding tert-OH is 1. The molecule has 1 aromatic carbocycles. The van der Waals surface area contributed by atoms with Crippen LogP contribution < -0.4 is 5.32 Å². The van der Waals surface area contributed by atoms with Gasteiger partial charge in [-0.05, 0) is 40.8 Å². The van der Waals surface area contributed by atoms with E-state index < -0.39 is 12.1 Å². The molecule has 0 heterocycles. The van der Waals surface area contributed by atoms with Crippen molar-refractivity contribution in [1.29, 1.82) is 0 Å². The van der Waals surface area contributed by atoms with E-state index >= 15 is 0 Å². The van der Waals surface area contributed by atoms with Crippen LogP contribution >= 0.6 is 34.2 Å². The molecule has 0 radical (unpaired) electrons. The summed E-state index contributed by atoms with van der Waals surface area (Å²) in [5, 5.41) is 20.5. The summed E-state index contributed by atoms with van der Waals surface area (Å²) in [6, 6.07) is 4.87. The van der Waals surface area contributed by atoms with Crippen LogP contribution in [-0.2, 0) is 4.79 Å². The van der Waals surface area contributed by atoms with Gasteiger partial charge in [-0.1, -0.05) is 11.6 Å². The Hall–Kier alpha value is -0.860. The Balaban J connectivity index is 2.50. The molecule has 0 fully saturated rings. The lowest BCUT2D eigenvalue weighted by atomic mass is 10.2. The molecule has 98 valence electrons. The van der Waals surface area contributed by atoms with Gasteiger partial charge in [-0.2, -0.15) is 0 Å². The number of hydrogen-bond donors (Lipinski definition) is 3. The van der Waals surface area contributed by atoms with E-state index in [0.717, 1.165) is 3.57 Å². The van der Waals surface area contributed by atoms with Crippen LogP contribution in [0.2, 0.25) is 5.02 Å². The van der Waals surface area contributed by atoms with Crippen molar-refractivity contribution < 1.29 is 19.8 Å². The molecule has 18 heavy (non-hydrogen) atoms. The first kappa shape index (κ1) is 15.2. The maximum atomic E-state index is 11.7. The second-order valence-electron chi connectivity index (χ2n) is 3.53. The van der Waals surface area contributed by atoms with Crippen molar-refractivity contribution in [3.8, 4) is 0 Å². The van der Waals surface area contributed by atoms with Crippen molar-refractivity contribution in [2.45, 2.75) is 12.5 Å². The summed E-state index contributed by atoms with van der Waals surface area (Å²) in [5.74, 6) is -1.66. The molecule has 0 saturated carbocycles. The highest BCUT2D eigenvalue weighted by Gasteiger charge is 2.13. The summed E-state index contributed by atoms with van der Waals surface area (Å²) in [7, 11) is 0. The smallest absolute Gasteiger partial charge is 0.332 e. The van der Waals surface area contributed by atoms with E-state index in [9.17, 15) is 9.59 Å². The summed E-state index contributed by atoms with van der Waals surface area (Å²) in [4.78, 5) is 22.0. The Kier molecular flexibility index (Phi) is 5.83. The topological polar surface area (TPSA) is 86.6 Å². The molecular weight excluding hydrogens is 372 g/mol. The van der Waals surface area contributed by atoms with Crippen molar-refractivity contribution in [3.63, 3.8) is 0 Å². The van der Waals surface area contributed by atoms with E-state index in [1.807, 2.05) is 22.6 Å². The molecule has 0 aliphatic carbocycles. The fraction of sp³-hybridized carbons (Fsp3) is 0.273. The SMILES string of the molecule is O=C(NCCC(O)C(=O)O)c1ccc(I)c(Cl)c1. The third-order valence-corrected chi connectivity index (χ3v) is 3.74. The van der Waals surface area contributed by atoms with Gasteiger partial charge in [0.25, 0.3) is 5.91 Å². The molecule has 1 rings (SSSR count). The predicted octanol–water partition coefficient (Wildman–Crippen LogP) is 1.51. The van der Waals surface area contributed by atoms with Gasteiger partial charge in [0, 0.05) is 22.1 Å². The Labute approximate surface area is 122 Å². The van der Waals surface area contributed by atoms with Gasteiger partial charge in [0.05, 0.1) is 5.02 Å². The van der Waals surface area contributed by atoms with E-state index in [-0.39, 0.29) is 18.9 Å². The van der Waals surface area contributed by atoms with Gasteiger partial charge >= 0.3 is 5.97 Å². The van der Waals surface area contributed by atoms with Crippen LogP contribution in [0.25, 0.3) is 0 Å². The summed E-state index contributed by atoms with van der Waals surface area (Å²) < 4.78 is 0.840. The third-order valence-electron chi connectivity index (χ3n) is 2.17. The van der Waals surface area contributed by atoms with Crippen LogP contribution in [0.4, 0.5) is 0 Å². The molecule has 0 aliphatic heterocycles. The molecule has 1 aromatic rings. The van der Waals surface area contributed by atoms with Crippen molar-refractivity contribution in [2.24, 2.45) is 0 Å². The average molecular weight is 384 g/mol. The van der Waals surface area contributed by atoms with Crippen LogP contribution in [0.1, 0.15) is 16.8 Å². The number of carbonyl (C=O) groups excluding carboxylic acids is 1. The van der Waals surface area contributed by atoms with E-state index in [2.05, 4.69) is 5.32 Å². The molecule has 0 spiro atoms. The zero-order valence-corrected chi connectivity index (χ0v) is 12.1. The van der Waals surface area contributed by atoms with Gasteiger partial charge < -0.3 is 15.5 Å². The first-order valence-electron chi connectivity index (χ1n) is 5.06. The number of carbonyl (C=O) groups is 2. The molecule has 0 saturated heterocycles. The predicted molar refractivity (Wildman–Crippen MR) is 74.8 cm³/mol. The molecule has 0 bridgehead atoms. The maximum Gasteiger partial charge on any atom is 0.332 e. The van der Waals surface area contributed by atoms with Gasteiger partial charge in [0.1, 0.15) is 0 Å². The van der Waals surface area contributed by atoms with Crippen LogP contribution in [0.15, 0.2) is 18.2 Å². The average Bonchev–Trinajstić information content (AvgIpc) is 2.32. The minimum Gasteiger partial charge on any atom is -0.479 e. The monoisotopic (exact) mass is 383 g/mol. The molecular formula is C11H11ClINO4. The fourth-order valence-electron chi connectivity index (χ4n) is 1.19. The first-order valence-corrected chi connectivity index (χ1v) is 6.51. The van der Waals surface area contributed by atoms with Crippen LogP contribution in [-0.4, -0.2) is 34.7 Å². The van der Waals surface area contributed by atoms with Gasteiger partial charge in [-0.25, -0.2) is 4.79 Å². The van der Waals surface area contributed by atoms with E-state index in [4.69, 9.17) is 21.8 Å². The lowest BCUT2D eigenvalue weighted by Crippen LogP contribution is -2.30. The van der Waals surface area contributed by atoms with Crippen LogP contribution in [0.5, 0.6) is 0 Å². The van der Waals surface area contributed by atoms with Crippen molar-refractivity contribution in [2.75, 3.05) is 6.54 Å². The minimum atomic E-state index is -1.47. The molecule has 1 atom stereocenters. The van der Waals surface area contributed by atoms with Gasteiger partial charge in [-0.3, -0.25) is 4.79 Å². The molecule has 0 aliphatic rings. The summed E-state index contributed by atoms with van der Waals surface area (Å²) in [6.07, 6.45) is -1.51.